The molecule has 0 fully saturated rings. The van der Waals surface area contributed by atoms with Crippen molar-refractivity contribution in [2.75, 3.05) is 6.61 Å². The SMILES string of the molecule is CCOc1ccc(I)c(CNCc2ccccc2)c1.Cl. The van der Waals surface area contributed by atoms with Gasteiger partial charge in [-0.15, -0.1) is 12.4 Å². The molecule has 2 aromatic rings. The molecule has 0 amide bonds. The molecular weight excluding hydrogens is 385 g/mol. The third-order valence-corrected chi connectivity index (χ3v) is 3.87. The lowest BCUT2D eigenvalue weighted by molar-refractivity contribution is 0.339. The first kappa shape index (κ1) is 17.3. The van der Waals surface area contributed by atoms with E-state index in [-0.39, 0.29) is 12.4 Å². The average molecular weight is 404 g/mol. The summed E-state index contributed by atoms with van der Waals surface area (Å²) in [6, 6.07) is 16.7. The van der Waals surface area contributed by atoms with Gasteiger partial charge >= 0.3 is 0 Å². The van der Waals surface area contributed by atoms with Gasteiger partial charge in [0.2, 0.25) is 0 Å². The maximum absolute atomic E-state index is 5.54. The third kappa shape index (κ3) is 5.31. The molecule has 0 atom stereocenters. The fourth-order valence-electron chi connectivity index (χ4n) is 1.88. The molecule has 0 saturated carbocycles. The van der Waals surface area contributed by atoms with Gasteiger partial charge in [-0.05, 0) is 58.8 Å². The number of rotatable bonds is 6. The van der Waals surface area contributed by atoms with E-state index in [9.17, 15) is 0 Å². The summed E-state index contributed by atoms with van der Waals surface area (Å²) in [5.41, 5.74) is 2.58. The van der Waals surface area contributed by atoms with Gasteiger partial charge in [0.25, 0.3) is 0 Å². The molecule has 108 valence electrons. The summed E-state index contributed by atoms with van der Waals surface area (Å²) < 4.78 is 6.80. The number of hydrogen-bond donors (Lipinski definition) is 1. The highest BCUT2D eigenvalue weighted by Gasteiger charge is 2.02. The van der Waals surface area contributed by atoms with Crippen molar-refractivity contribution in [3.05, 3.63) is 63.2 Å². The highest BCUT2D eigenvalue weighted by molar-refractivity contribution is 14.1. The highest BCUT2D eigenvalue weighted by atomic mass is 127. The minimum Gasteiger partial charge on any atom is -0.494 e. The first-order valence-corrected chi connectivity index (χ1v) is 7.53. The summed E-state index contributed by atoms with van der Waals surface area (Å²) in [4.78, 5) is 0. The Morgan fingerprint density at radius 2 is 1.80 bits per heavy atom. The van der Waals surface area contributed by atoms with Crippen molar-refractivity contribution < 1.29 is 4.74 Å². The third-order valence-electron chi connectivity index (χ3n) is 2.82. The molecule has 0 unspecified atom stereocenters. The minimum atomic E-state index is 0. The standard InChI is InChI=1S/C16H18INO.ClH/c1-2-19-15-8-9-16(17)14(10-15)12-18-11-13-6-4-3-5-7-13;/h3-10,18H,2,11-12H2,1H3;1H. The van der Waals surface area contributed by atoms with Gasteiger partial charge in [-0.1, -0.05) is 30.3 Å². The smallest absolute Gasteiger partial charge is 0.119 e. The van der Waals surface area contributed by atoms with Gasteiger partial charge in [0.1, 0.15) is 5.75 Å². The van der Waals surface area contributed by atoms with Crippen LogP contribution in [0.25, 0.3) is 0 Å². The van der Waals surface area contributed by atoms with E-state index in [1.165, 1.54) is 14.7 Å². The van der Waals surface area contributed by atoms with Gasteiger partial charge in [0, 0.05) is 16.7 Å². The Morgan fingerprint density at radius 3 is 2.50 bits per heavy atom. The van der Waals surface area contributed by atoms with E-state index < -0.39 is 0 Å². The summed E-state index contributed by atoms with van der Waals surface area (Å²) in [6.45, 7) is 4.45. The van der Waals surface area contributed by atoms with Crippen LogP contribution in [0.3, 0.4) is 0 Å². The van der Waals surface area contributed by atoms with Crippen LogP contribution in [-0.2, 0) is 13.1 Å². The first-order valence-electron chi connectivity index (χ1n) is 6.45. The summed E-state index contributed by atoms with van der Waals surface area (Å²) in [6.07, 6.45) is 0. The molecule has 0 spiro atoms. The van der Waals surface area contributed by atoms with Gasteiger partial charge in [0.05, 0.1) is 6.61 Å². The summed E-state index contributed by atoms with van der Waals surface area (Å²) in [5, 5.41) is 3.47. The molecule has 1 N–H and O–H groups in total. The molecular formula is C16H19ClINO. The van der Waals surface area contributed by atoms with Crippen molar-refractivity contribution in [2.45, 2.75) is 20.0 Å². The van der Waals surface area contributed by atoms with Crippen LogP contribution in [0, 0.1) is 3.57 Å². The molecule has 0 heterocycles. The molecule has 0 aliphatic rings. The molecule has 2 aromatic carbocycles. The normalized spacial score (nSPS) is 9.90. The zero-order valence-electron chi connectivity index (χ0n) is 11.4. The lowest BCUT2D eigenvalue weighted by Crippen LogP contribution is -2.13. The lowest BCUT2D eigenvalue weighted by Gasteiger charge is -2.10. The van der Waals surface area contributed by atoms with Gasteiger partial charge in [0.15, 0.2) is 0 Å². The number of hydrogen-bond acceptors (Lipinski definition) is 2. The monoisotopic (exact) mass is 403 g/mol. The van der Waals surface area contributed by atoms with E-state index in [0.717, 1.165) is 18.8 Å². The van der Waals surface area contributed by atoms with Crippen LogP contribution in [0.1, 0.15) is 18.1 Å². The van der Waals surface area contributed by atoms with Crippen molar-refractivity contribution >= 4 is 35.0 Å². The van der Waals surface area contributed by atoms with Gasteiger partial charge in [-0.25, -0.2) is 0 Å². The Balaban J connectivity index is 0.00000200. The molecule has 0 aliphatic carbocycles. The Hall–Kier alpha value is -0.780. The Kier molecular flexibility index (Phi) is 7.95. The van der Waals surface area contributed by atoms with E-state index in [4.69, 9.17) is 4.74 Å². The number of ether oxygens (including phenoxy) is 1. The van der Waals surface area contributed by atoms with E-state index >= 15 is 0 Å². The van der Waals surface area contributed by atoms with Crippen LogP contribution in [0.5, 0.6) is 5.75 Å². The van der Waals surface area contributed by atoms with Crippen LogP contribution in [0.4, 0.5) is 0 Å². The minimum absolute atomic E-state index is 0. The maximum Gasteiger partial charge on any atom is 0.119 e. The van der Waals surface area contributed by atoms with Crippen LogP contribution < -0.4 is 10.1 Å². The van der Waals surface area contributed by atoms with Gasteiger partial charge in [-0.2, -0.15) is 0 Å². The summed E-state index contributed by atoms with van der Waals surface area (Å²) in [5.74, 6) is 0.944. The molecule has 20 heavy (non-hydrogen) atoms. The topological polar surface area (TPSA) is 21.3 Å². The Bertz CT molecular complexity index is 519. The quantitative estimate of drug-likeness (QED) is 0.722. The molecule has 2 nitrogen and oxygen atoms in total. The molecule has 4 heteroatoms. The van der Waals surface area contributed by atoms with Crippen molar-refractivity contribution in [1.82, 2.24) is 5.32 Å². The van der Waals surface area contributed by atoms with E-state index in [1.807, 2.05) is 19.1 Å². The second kappa shape index (κ2) is 9.21. The molecule has 0 aliphatic heterocycles. The largest absolute Gasteiger partial charge is 0.494 e. The molecule has 0 saturated heterocycles. The zero-order valence-corrected chi connectivity index (χ0v) is 14.4. The Morgan fingerprint density at radius 1 is 1.05 bits per heavy atom. The van der Waals surface area contributed by atoms with Gasteiger partial charge < -0.3 is 10.1 Å². The van der Waals surface area contributed by atoms with Crippen molar-refractivity contribution in [1.29, 1.82) is 0 Å². The lowest BCUT2D eigenvalue weighted by atomic mass is 10.2. The Labute approximate surface area is 140 Å². The summed E-state index contributed by atoms with van der Waals surface area (Å²) in [7, 11) is 0. The maximum atomic E-state index is 5.54. The highest BCUT2D eigenvalue weighted by Crippen LogP contribution is 2.19. The fraction of sp³-hybridized carbons (Fsp3) is 0.250. The number of halogens is 2. The predicted octanol–water partition coefficient (Wildman–Crippen LogP) is 4.40. The van der Waals surface area contributed by atoms with E-state index in [1.54, 1.807) is 0 Å². The number of nitrogens with one attached hydrogen (secondary N) is 1. The molecule has 2 rings (SSSR count). The molecule has 0 radical (unpaired) electrons. The van der Waals surface area contributed by atoms with Crippen LogP contribution >= 0.6 is 35.0 Å². The molecule has 0 aromatic heterocycles. The van der Waals surface area contributed by atoms with Crippen LogP contribution in [-0.4, -0.2) is 6.61 Å². The summed E-state index contributed by atoms with van der Waals surface area (Å²) >= 11 is 2.36. The predicted molar refractivity (Wildman–Crippen MR) is 94.6 cm³/mol. The van der Waals surface area contributed by atoms with Crippen molar-refractivity contribution in [3.8, 4) is 5.75 Å². The van der Waals surface area contributed by atoms with E-state index in [0.29, 0.717) is 6.61 Å². The first-order chi connectivity index (χ1) is 9.29. The van der Waals surface area contributed by atoms with Crippen molar-refractivity contribution in [2.24, 2.45) is 0 Å². The number of benzene rings is 2. The van der Waals surface area contributed by atoms with Gasteiger partial charge in [-0.3, -0.25) is 0 Å². The van der Waals surface area contributed by atoms with Crippen LogP contribution in [0.2, 0.25) is 0 Å². The zero-order chi connectivity index (χ0) is 13.5. The van der Waals surface area contributed by atoms with Crippen LogP contribution in [0.15, 0.2) is 48.5 Å². The fourth-order valence-corrected chi connectivity index (χ4v) is 2.41. The van der Waals surface area contributed by atoms with E-state index in [2.05, 4.69) is 64.3 Å². The molecule has 0 bridgehead atoms. The average Bonchev–Trinajstić information content (AvgIpc) is 2.44. The van der Waals surface area contributed by atoms with Crippen molar-refractivity contribution in [3.63, 3.8) is 0 Å². The second-order valence-corrected chi connectivity index (χ2v) is 5.44. The second-order valence-electron chi connectivity index (χ2n) is 4.28.